The molecular weight excluding hydrogens is 268 g/mol. The predicted molar refractivity (Wildman–Crippen MR) is 85.1 cm³/mol. The molecule has 0 aliphatic rings. The van der Waals surface area contributed by atoms with E-state index in [1.165, 1.54) is 4.88 Å². The van der Waals surface area contributed by atoms with Crippen LogP contribution in [0.2, 0.25) is 0 Å². The average molecular weight is 290 g/mol. The van der Waals surface area contributed by atoms with Gasteiger partial charge in [0, 0.05) is 17.0 Å². The lowest BCUT2D eigenvalue weighted by molar-refractivity contribution is 0.475. The van der Waals surface area contributed by atoms with Gasteiger partial charge in [-0.05, 0) is 31.0 Å². The monoisotopic (exact) mass is 290 g/mol. The Morgan fingerprint density at radius 1 is 1.35 bits per heavy atom. The van der Waals surface area contributed by atoms with Crippen LogP contribution in [0.15, 0.2) is 24.3 Å². The van der Waals surface area contributed by atoms with Crippen LogP contribution in [0.3, 0.4) is 0 Å². The van der Waals surface area contributed by atoms with Crippen molar-refractivity contribution >= 4 is 11.3 Å². The first-order valence-electron chi connectivity index (χ1n) is 7.08. The van der Waals surface area contributed by atoms with Gasteiger partial charge in [0.2, 0.25) is 0 Å². The van der Waals surface area contributed by atoms with Crippen LogP contribution in [-0.4, -0.2) is 16.6 Å². The Hall–Kier alpha value is -1.39. The zero-order valence-corrected chi connectivity index (χ0v) is 13.1. The third-order valence-corrected chi connectivity index (χ3v) is 4.19. The van der Waals surface area contributed by atoms with Crippen LogP contribution in [0, 0.1) is 5.92 Å². The molecule has 2 N–H and O–H groups in total. The fraction of sp³-hybridized carbons (Fsp3) is 0.438. The second kappa shape index (κ2) is 6.86. The highest BCUT2D eigenvalue weighted by atomic mass is 32.1. The number of thiazole rings is 1. The van der Waals surface area contributed by atoms with Gasteiger partial charge in [-0.25, -0.2) is 4.98 Å². The largest absolute Gasteiger partial charge is 0.508 e. The Morgan fingerprint density at radius 2 is 2.15 bits per heavy atom. The van der Waals surface area contributed by atoms with Gasteiger partial charge in [-0.15, -0.1) is 11.3 Å². The quantitative estimate of drug-likeness (QED) is 0.850. The van der Waals surface area contributed by atoms with Gasteiger partial charge in [0.15, 0.2) is 0 Å². The van der Waals surface area contributed by atoms with E-state index < -0.39 is 0 Å². The van der Waals surface area contributed by atoms with E-state index in [1.807, 2.05) is 12.1 Å². The maximum Gasteiger partial charge on any atom is 0.124 e. The zero-order valence-electron chi connectivity index (χ0n) is 12.3. The van der Waals surface area contributed by atoms with Crippen LogP contribution in [0.4, 0.5) is 0 Å². The van der Waals surface area contributed by atoms with E-state index >= 15 is 0 Å². The molecule has 0 fully saturated rings. The van der Waals surface area contributed by atoms with Gasteiger partial charge < -0.3 is 10.4 Å². The molecule has 0 spiro atoms. The molecule has 0 atom stereocenters. The summed E-state index contributed by atoms with van der Waals surface area (Å²) in [5.74, 6) is 0.939. The van der Waals surface area contributed by atoms with Crippen molar-refractivity contribution in [2.45, 2.75) is 33.7 Å². The highest BCUT2D eigenvalue weighted by Crippen LogP contribution is 2.30. The van der Waals surface area contributed by atoms with E-state index in [9.17, 15) is 5.11 Å². The van der Waals surface area contributed by atoms with Crippen molar-refractivity contribution in [1.29, 1.82) is 0 Å². The summed E-state index contributed by atoms with van der Waals surface area (Å²) in [4.78, 5) is 6.00. The smallest absolute Gasteiger partial charge is 0.124 e. The maximum absolute atomic E-state index is 9.57. The van der Waals surface area contributed by atoms with Crippen LogP contribution in [0.5, 0.6) is 5.75 Å². The lowest BCUT2D eigenvalue weighted by atomic mass is 10.2. The van der Waals surface area contributed by atoms with E-state index in [1.54, 1.807) is 23.5 Å². The molecule has 0 aliphatic carbocycles. The first-order chi connectivity index (χ1) is 9.60. The maximum atomic E-state index is 9.57. The molecule has 2 rings (SSSR count). The third kappa shape index (κ3) is 3.81. The summed E-state index contributed by atoms with van der Waals surface area (Å²) in [5.41, 5.74) is 2.14. The number of benzene rings is 1. The number of nitrogens with zero attached hydrogens (tertiary/aromatic N) is 1. The molecule has 0 amide bonds. The molecule has 1 heterocycles. The number of phenolic OH excluding ortho intramolecular Hbond substituents is 1. The Kier molecular flexibility index (Phi) is 5.15. The average Bonchev–Trinajstić information content (AvgIpc) is 2.81. The van der Waals surface area contributed by atoms with E-state index in [2.05, 4.69) is 26.1 Å². The summed E-state index contributed by atoms with van der Waals surface area (Å²) >= 11 is 1.71. The molecule has 0 saturated carbocycles. The van der Waals surface area contributed by atoms with Crippen molar-refractivity contribution in [3.05, 3.63) is 34.8 Å². The van der Waals surface area contributed by atoms with Crippen molar-refractivity contribution < 1.29 is 5.11 Å². The van der Waals surface area contributed by atoms with Crippen molar-refractivity contribution in [2.24, 2.45) is 5.92 Å². The van der Waals surface area contributed by atoms with Gasteiger partial charge in [0.1, 0.15) is 10.8 Å². The molecule has 4 heteroatoms. The molecule has 20 heavy (non-hydrogen) atoms. The number of aromatic nitrogens is 1. The second-order valence-electron chi connectivity index (χ2n) is 5.32. The molecule has 0 saturated heterocycles. The first-order valence-corrected chi connectivity index (χ1v) is 7.90. The highest BCUT2D eigenvalue weighted by molar-refractivity contribution is 7.15. The van der Waals surface area contributed by atoms with Gasteiger partial charge in [-0.2, -0.15) is 0 Å². The Balaban J connectivity index is 2.18. The molecule has 1 aromatic carbocycles. The topological polar surface area (TPSA) is 45.2 Å². The summed E-state index contributed by atoms with van der Waals surface area (Å²) in [6, 6.07) is 7.30. The van der Waals surface area contributed by atoms with Crippen LogP contribution in [0.25, 0.3) is 10.6 Å². The first kappa shape index (κ1) is 15.0. The molecule has 0 radical (unpaired) electrons. The summed E-state index contributed by atoms with van der Waals surface area (Å²) in [6.07, 6.45) is 0.938. The minimum atomic E-state index is 0.287. The highest BCUT2D eigenvalue weighted by Gasteiger charge is 2.11. The summed E-state index contributed by atoms with van der Waals surface area (Å²) < 4.78 is 0. The number of aromatic hydroxyl groups is 1. The number of nitrogens with one attached hydrogen (secondary N) is 1. The standard InChI is InChI=1S/C16H22N2OS/c1-4-14-15(10-17-9-11(2)3)20-16(18-14)12-6-5-7-13(19)8-12/h5-8,11,17,19H,4,9-10H2,1-3H3. The third-order valence-electron chi connectivity index (χ3n) is 3.04. The van der Waals surface area contributed by atoms with E-state index in [0.29, 0.717) is 5.92 Å². The number of hydrogen-bond donors (Lipinski definition) is 2. The van der Waals surface area contributed by atoms with E-state index in [0.717, 1.165) is 35.8 Å². The molecule has 0 aliphatic heterocycles. The van der Waals surface area contributed by atoms with Crippen molar-refractivity contribution in [3.63, 3.8) is 0 Å². The van der Waals surface area contributed by atoms with Crippen LogP contribution in [0.1, 0.15) is 31.3 Å². The normalized spacial score (nSPS) is 11.2. The van der Waals surface area contributed by atoms with Gasteiger partial charge in [-0.3, -0.25) is 0 Å². The molecule has 3 nitrogen and oxygen atoms in total. The van der Waals surface area contributed by atoms with Gasteiger partial charge >= 0.3 is 0 Å². The molecule has 108 valence electrons. The SMILES string of the molecule is CCc1nc(-c2cccc(O)c2)sc1CNCC(C)C. The Morgan fingerprint density at radius 3 is 2.80 bits per heavy atom. The fourth-order valence-corrected chi connectivity index (χ4v) is 3.15. The van der Waals surface area contributed by atoms with E-state index in [4.69, 9.17) is 4.98 Å². The van der Waals surface area contributed by atoms with E-state index in [-0.39, 0.29) is 5.75 Å². The summed E-state index contributed by atoms with van der Waals surface area (Å²) in [5, 5.41) is 14.0. The van der Waals surface area contributed by atoms with Crippen LogP contribution >= 0.6 is 11.3 Å². The molecule has 1 aromatic heterocycles. The predicted octanol–water partition coefficient (Wildman–Crippen LogP) is 3.82. The molecule has 2 aromatic rings. The minimum Gasteiger partial charge on any atom is -0.508 e. The van der Waals surface area contributed by atoms with Gasteiger partial charge in [0.25, 0.3) is 0 Å². The van der Waals surface area contributed by atoms with Crippen LogP contribution in [-0.2, 0) is 13.0 Å². The lowest BCUT2D eigenvalue weighted by Gasteiger charge is -2.06. The van der Waals surface area contributed by atoms with Gasteiger partial charge in [-0.1, -0.05) is 32.9 Å². The van der Waals surface area contributed by atoms with Crippen molar-refractivity contribution in [1.82, 2.24) is 10.3 Å². The Bertz CT molecular complexity index is 563. The summed E-state index contributed by atoms with van der Waals surface area (Å²) in [7, 11) is 0. The fourth-order valence-electron chi connectivity index (χ4n) is 2.03. The zero-order chi connectivity index (χ0) is 14.5. The van der Waals surface area contributed by atoms with Crippen molar-refractivity contribution in [3.8, 4) is 16.3 Å². The van der Waals surface area contributed by atoms with Crippen molar-refractivity contribution in [2.75, 3.05) is 6.54 Å². The number of hydrogen-bond acceptors (Lipinski definition) is 4. The second-order valence-corrected chi connectivity index (χ2v) is 6.40. The minimum absolute atomic E-state index is 0.287. The van der Waals surface area contributed by atoms with Gasteiger partial charge in [0.05, 0.1) is 5.69 Å². The lowest BCUT2D eigenvalue weighted by Crippen LogP contribution is -2.18. The Labute approximate surface area is 124 Å². The molecule has 0 unspecified atom stereocenters. The summed E-state index contributed by atoms with van der Waals surface area (Å²) in [6.45, 7) is 8.44. The molecular formula is C16H22N2OS. The number of rotatable bonds is 6. The number of phenols is 1. The molecule has 0 bridgehead atoms. The van der Waals surface area contributed by atoms with Crippen LogP contribution < -0.4 is 5.32 Å². The number of aryl methyl sites for hydroxylation is 1.